The number of aromatic nitrogens is 1. The summed E-state index contributed by atoms with van der Waals surface area (Å²) in [7, 11) is -3.13. The van der Waals surface area contributed by atoms with E-state index in [0.717, 1.165) is 6.42 Å². The van der Waals surface area contributed by atoms with E-state index < -0.39 is 22.2 Å². The maximum atomic E-state index is 12.0. The van der Waals surface area contributed by atoms with Crippen molar-refractivity contribution in [3.8, 4) is 5.88 Å². The van der Waals surface area contributed by atoms with Crippen LogP contribution in [0.5, 0.6) is 5.88 Å². The second-order valence-electron chi connectivity index (χ2n) is 6.82. The van der Waals surface area contributed by atoms with Gasteiger partial charge in [0.1, 0.15) is 6.10 Å². The number of carboxylic acids is 1. The van der Waals surface area contributed by atoms with Gasteiger partial charge < -0.3 is 14.6 Å². The lowest BCUT2D eigenvalue weighted by molar-refractivity contribution is -0.192. The van der Waals surface area contributed by atoms with Crippen LogP contribution in [0.3, 0.4) is 0 Å². The average molecular weight is 440 g/mol. The average Bonchev–Trinajstić information content (AvgIpc) is 2.60. The van der Waals surface area contributed by atoms with Gasteiger partial charge in [-0.3, -0.25) is 0 Å². The van der Waals surface area contributed by atoms with Crippen LogP contribution in [0.25, 0.3) is 0 Å². The number of halogens is 3. The number of ether oxygens (including phenoxy) is 2. The van der Waals surface area contributed by atoms with Crippen LogP contribution in [-0.2, 0) is 19.6 Å². The highest BCUT2D eigenvalue weighted by atomic mass is 32.2. The van der Waals surface area contributed by atoms with Crippen LogP contribution in [0.4, 0.5) is 13.2 Å². The molecule has 3 heterocycles. The standard InChI is InChI=1S/C15H22N2O4S.C2HF3O2/c1-2-9-22(18,19)17-11-15(12-17)10-13(6-8-20-15)21-14-5-3-4-7-16-14;3-2(4,5)1(6)7/h3-5,7,13H,2,6,8-12H2,1H3;(H,6,7). The van der Waals surface area contributed by atoms with E-state index in [1.165, 1.54) is 4.31 Å². The van der Waals surface area contributed by atoms with Gasteiger partial charge in [0.05, 0.1) is 18.0 Å². The molecule has 29 heavy (non-hydrogen) atoms. The number of nitrogens with zero attached hydrogens (tertiary/aromatic N) is 2. The zero-order valence-corrected chi connectivity index (χ0v) is 16.6. The van der Waals surface area contributed by atoms with Crippen molar-refractivity contribution in [2.75, 3.05) is 25.4 Å². The van der Waals surface area contributed by atoms with E-state index in [9.17, 15) is 21.6 Å². The SMILES string of the molecule is CCCS(=O)(=O)N1CC2(CC(Oc3ccccn3)CCO2)C1.O=C(O)C(F)(F)F. The van der Waals surface area contributed by atoms with Crippen LogP contribution >= 0.6 is 0 Å². The molecule has 0 amide bonds. The van der Waals surface area contributed by atoms with Gasteiger partial charge in [0.25, 0.3) is 0 Å². The van der Waals surface area contributed by atoms with Crippen LogP contribution in [0.2, 0.25) is 0 Å². The first-order valence-corrected chi connectivity index (χ1v) is 10.6. The minimum absolute atomic E-state index is 0.0275. The second-order valence-corrected chi connectivity index (χ2v) is 8.91. The van der Waals surface area contributed by atoms with E-state index in [2.05, 4.69) is 4.98 Å². The quantitative estimate of drug-likeness (QED) is 0.747. The number of carbonyl (C=O) groups is 1. The molecule has 0 aliphatic carbocycles. The molecule has 1 aromatic rings. The first-order chi connectivity index (χ1) is 13.5. The Hall–Kier alpha value is -1.92. The summed E-state index contributed by atoms with van der Waals surface area (Å²) >= 11 is 0. The van der Waals surface area contributed by atoms with Crippen molar-refractivity contribution in [1.82, 2.24) is 9.29 Å². The van der Waals surface area contributed by atoms with E-state index in [0.29, 0.717) is 38.4 Å². The number of pyridine rings is 1. The van der Waals surface area contributed by atoms with E-state index in [4.69, 9.17) is 19.4 Å². The fourth-order valence-corrected chi connectivity index (χ4v) is 4.71. The summed E-state index contributed by atoms with van der Waals surface area (Å²) in [5, 5.41) is 7.12. The van der Waals surface area contributed by atoms with Crippen LogP contribution in [0.1, 0.15) is 26.2 Å². The predicted molar refractivity (Wildman–Crippen MR) is 95.9 cm³/mol. The Bertz CT molecular complexity index is 782. The Balaban J connectivity index is 0.000000370. The molecule has 1 N–H and O–H groups in total. The molecule has 0 saturated carbocycles. The van der Waals surface area contributed by atoms with E-state index >= 15 is 0 Å². The second kappa shape index (κ2) is 9.26. The molecule has 2 aliphatic heterocycles. The fourth-order valence-electron chi connectivity index (χ4n) is 3.07. The lowest BCUT2D eigenvalue weighted by Gasteiger charge is -2.52. The molecule has 1 spiro atoms. The van der Waals surface area contributed by atoms with Crippen molar-refractivity contribution < 1.29 is 41.0 Å². The monoisotopic (exact) mass is 440 g/mol. The van der Waals surface area contributed by atoms with Crippen molar-refractivity contribution in [3.05, 3.63) is 24.4 Å². The third-order valence-electron chi connectivity index (χ3n) is 4.40. The van der Waals surface area contributed by atoms with Crippen LogP contribution < -0.4 is 4.74 Å². The fraction of sp³-hybridized carbons (Fsp3) is 0.647. The van der Waals surface area contributed by atoms with Crippen LogP contribution in [0, 0.1) is 0 Å². The molecule has 3 rings (SSSR count). The first kappa shape index (κ1) is 23.4. The van der Waals surface area contributed by atoms with Crippen molar-refractivity contribution in [2.24, 2.45) is 0 Å². The molecule has 0 bridgehead atoms. The van der Waals surface area contributed by atoms with Gasteiger partial charge in [0.2, 0.25) is 15.9 Å². The lowest BCUT2D eigenvalue weighted by atomic mass is 9.86. The Morgan fingerprint density at radius 3 is 2.59 bits per heavy atom. The Morgan fingerprint density at radius 2 is 2.07 bits per heavy atom. The molecule has 0 aromatic carbocycles. The van der Waals surface area contributed by atoms with Gasteiger partial charge in [-0.25, -0.2) is 18.2 Å². The molecule has 2 aliphatic rings. The number of alkyl halides is 3. The minimum Gasteiger partial charge on any atom is -0.475 e. The Labute approximate surface area is 166 Å². The molecule has 1 unspecified atom stereocenters. The first-order valence-electron chi connectivity index (χ1n) is 8.97. The number of sulfonamides is 1. The topological polar surface area (TPSA) is 106 Å². The van der Waals surface area contributed by atoms with Crippen molar-refractivity contribution in [3.63, 3.8) is 0 Å². The van der Waals surface area contributed by atoms with E-state index in [1.807, 2.05) is 25.1 Å². The molecule has 1 atom stereocenters. The summed E-state index contributed by atoms with van der Waals surface area (Å²) in [6, 6.07) is 5.57. The molecule has 1 aromatic heterocycles. The molecule has 2 saturated heterocycles. The summed E-state index contributed by atoms with van der Waals surface area (Å²) < 4.78 is 69.1. The van der Waals surface area contributed by atoms with E-state index in [-0.39, 0.29) is 17.5 Å². The van der Waals surface area contributed by atoms with E-state index in [1.54, 1.807) is 6.20 Å². The highest BCUT2D eigenvalue weighted by Crippen LogP contribution is 2.37. The zero-order chi connectivity index (χ0) is 21.7. The number of rotatable bonds is 5. The summed E-state index contributed by atoms with van der Waals surface area (Å²) in [5.74, 6) is -1.94. The van der Waals surface area contributed by atoms with Crippen LogP contribution in [0.15, 0.2) is 24.4 Å². The highest BCUT2D eigenvalue weighted by molar-refractivity contribution is 7.89. The molecule has 164 valence electrons. The summed E-state index contributed by atoms with van der Waals surface area (Å²) in [4.78, 5) is 13.1. The summed E-state index contributed by atoms with van der Waals surface area (Å²) in [5.41, 5.74) is -0.376. The highest BCUT2D eigenvalue weighted by Gasteiger charge is 2.51. The molecule has 12 heteroatoms. The van der Waals surface area contributed by atoms with Gasteiger partial charge in [0.15, 0.2) is 0 Å². The summed E-state index contributed by atoms with van der Waals surface area (Å²) in [6.45, 7) is 3.36. The smallest absolute Gasteiger partial charge is 0.475 e. The van der Waals surface area contributed by atoms with Gasteiger partial charge in [-0.1, -0.05) is 13.0 Å². The number of aliphatic carboxylic acids is 1. The molecular weight excluding hydrogens is 417 g/mol. The zero-order valence-electron chi connectivity index (χ0n) is 15.8. The molecule has 2 fully saturated rings. The van der Waals surface area contributed by atoms with Crippen LogP contribution in [-0.4, -0.2) is 72.1 Å². The largest absolute Gasteiger partial charge is 0.490 e. The maximum absolute atomic E-state index is 12.0. The minimum atomic E-state index is -5.08. The normalized spacial score (nSPS) is 21.6. The van der Waals surface area contributed by atoms with Gasteiger partial charge in [-0.2, -0.15) is 17.5 Å². The molecule has 8 nitrogen and oxygen atoms in total. The van der Waals surface area contributed by atoms with Gasteiger partial charge in [-0.15, -0.1) is 0 Å². The molecule has 0 radical (unpaired) electrons. The van der Waals surface area contributed by atoms with Gasteiger partial charge >= 0.3 is 12.1 Å². The Kier molecular flexibility index (Phi) is 7.46. The predicted octanol–water partition coefficient (Wildman–Crippen LogP) is 2.07. The molecular formula is C17H23F3N2O6S. The third kappa shape index (κ3) is 6.54. The van der Waals surface area contributed by atoms with Gasteiger partial charge in [0, 0.05) is 38.2 Å². The number of hydrogen-bond acceptors (Lipinski definition) is 6. The Morgan fingerprint density at radius 1 is 1.41 bits per heavy atom. The lowest BCUT2D eigenvalue weighted by Crippen LogP contribution is -2.67. The van der Waals surface area contributed by atoms with Crippen molar-refractivity contribution in [1.29, 1.82) is 0 Å². The number of carboxylic acid groups (broad SMARTS) is 1. The summed E-state index contributed by atoms with van der Waals surface area (Å²) in [6.07, 6.45) is -1.20. The third-order valence-corrected chi connectivity index (χ3v) is 6.37. The van der Waals surface area contributed by atoms with Crippen molar-refractivity contribution in [2.45, 2.75) is 44.1 Å². The maximum Gasteiger partial charge on any atom is 0.490 e. The van der Waals surface area contributed by atoms with Gasteiger partial charge in [-0.05, 0) is 12.5 Å². The van der Waals surface area contributed by atoms with Crippen molar-refractivity contribution >= 4 is 16.0 Å². The number of hydrogen-bond donors (Lipinski definition) is 1.